The van der Waals surface area contributed by atoms with Gasteiger partial charge in [0.1, 0.15) is 5.76 Å². The summed E-state index contributed by atoms with van der Waals surface area (Å²) in [5.74, 6) is 3.01. The van der Waals surface area contributed by atoms with E-state index >= 15 is 0 Å². The van der Waals surface area contributed by atoms with E-state index in [1.165, 1.54) is 24.6 Å². The number of nitrogens with one attached hydrogen (secondary N) is 1. The van der Waals surface area contributed by atoms with Crippen LogP contribution in [-0.4, -0.2) is 37.5 Å². The lowest BCUT2D eigenvalue weighted by Gasteiger charge is -2.34. The number of carbonyl (C=O) groups is 1. The van der Waals surface area contributed by atoms with Gasteiger partial charge in [0.25, 0.3) is 0 Å². The summed E-state index contributed by atoms with van der Waals surface area (Å²) in [4.78, 5) is 16.8. The van der Waals surface area contributed by atoms with E-state index in [4.69, 9.17) is 4.42 Å². The number of hydrogen-bond donors (Lipinski definition) is 1. The lowest BCUT2D eigenvalue weighted by atomic mass is 9.78. The molecule has 0 aromatic carbocycles. The van der Waals surface area contributed by atoms with Crippen LogP contribution in [0.1, 0.15) is 38.9 Å². The lowest BCUT2D eigenvalue weighted by molar-refractivity contribution is -0.120. The van der Waals surface area contributed by atoms with E-state index in [1.807, 2.05) is 28.8 Å². The van der Waals surface area contributed by atoms with E-state index < -0.39 is 0 Å². The van der Waals surface area contributed by atoms with Gasteiger partial charge in [0.05, 0.1) is 18.6 Å². The highest BCUT2D eigenvalue weighted by atomic mass is 32.2. The summed E-state index contributed by atoms with van der Waals surface area (Å²) < 4.78 is 7.49. The quantitative estimate of drug-likeness (QED) is 0.576. The van der Waals surface area contributed by atoms with Crippen molar-refractivity contribution in [3.63, 3.8) is 0 Å². The Morgan fingerprint density at radius 1 is 1.27 bits per heavy atom. The number of thioether (sulfide) groups is 1. The average Bonchev–Trinajstić information content (AvgIpc) is 3.41. The predicted molar refractivity (Wildman–Crippen MR) is 116 cm³/mol. The van der Waals surface area contributed by atoms with Gasteiger partial charge in [-0.3, -0.25) is 14.3 Å². The second-order valence-electron chi connectivity index (χ2n) is 7.94. The molecular weight excluding hydrogens is 398 g/mol. The maximum Gasteiger partial charge on any atom is 0.230 e. The second kappa shape index (κ2) is 9.47. The first-order valence-electron chi connectivity index (χ1n) is 10.4. The number of amides is 1. The van der Waals surface area contributed by atoms with Crippen LogP contribution in [0.5, 0.6) is 0 Å². The summed E-state index contributed by atoms with van der Waals surface area (Å²) in [5.41, 5.74) is 0.873. The summed E-state index contributed by atoms with van der Waals surface area (Å²) in [6, 6.07) is 7.85. The van der Waals surface area contributed by atoms with Gasteiger partial charge in [0.15, 0.2) is 11.0 Å². The van der Waals surface area contributed by atoms with Gasteiger partial charge in [0, 0.05) is 24.0 Å². The third-order valence-corrected chi connectivity index (χ3v) is 6.88. The molecule has 3 aromatic rings. The summed E-state index contributed by atoms with van der Waals surface area (Å²) in [6.45, 7) is 5.00. The largest absolute Gasteiger partial charge is 0.467 e. The van der Waals surface area contributed by atoms with Crippen molar-refractivity contribution < 1.29 is 9.21 Å². The molecule has 1 fully saturated rings. The number of nitrogens with zero attached hydrogens (tertiary/aromatic N) is 4. The molecule has 1 amide bonds. The van der Waals surface area contributed by atoms with Crippen LogP contribution in [0, 0.1) is 11.8 Å². The van der Waals surface area contributed by atoms with Crippen LogP contribution in [0.2, 0.25) is 0 Å². The molecule has 3 unspecified atom stereocenters. The Kier molecular flexibility index (Phi) is 6.52. The molecule has 8 heteroatoms. The third kappa shape index (κ3) is 4.75. The summed E-state index contributed by atoms with van der Waals surface area (Å²) >= 11 is 1.40. The third-order valence-electron chi connectivity index (χ3n) is 5.92. The van der Waals surface area contributed by atoms with Crippen molar-refractivity contribution in [2.24, 2.45) is 11.8 Å². The molecule has 3 atom stereocenters. The highest BCUT2D eigenvalue weighted by Gasteiger charge is 2.28. The lowest BCUT2D eigenvalue weighted by Crippen LogP contribution is -2.44. The summed E-state index contributed by atoms with van der Waals surface area (Å²) in [5, 5.41) is 12.6. The molecule has 1 aliphatic carbocycles. The van der Waals surface area contributed by atoms with Gasteiger partial charge in [-0.05, 0) is 42.5 Å². The zero-order valence-corrected chi connectivity index (χ0v) is 18.1. The fourth-order valence-electron chi connectivity index (χ4n) is 3.97. The zero-order valence-electron chi connectivity index (χ0n) is 17.3. The van der Waals surface area contributed by atoms with Crippen LogP contribution in [0.25, 0.3) is 11.4 Å². The average molecular weight is 426 g/mol. The number of pyridine rings is 1. The molecule has 0 saturated heterocycles. The van der Waals surface area contributed by atoms with Crippen molar-refractivity contribution in [2.45, 2.75) is 50.9 Å². The number of carbonyl (C=O) groups excluding carboxylic acids is 1. The smallest absolute Gasteiger partial charge is 0.230 e. The van der Waals surface area contributed by atoms with Gasteiger partial charge in [-0.15, -0.1) is 10.2 Å². The normalized spacial score (nSPS) is 21.5. The van der Waals surface area contributed by atoms with Crippen LogP contribution in [-0.2, 0) is 11.3 Å². The number of rotatable bonds is 7. The Balaban J connectivity index is 1.47. The first kappa shape index (κ1) is 20.7. The summed E-state index contributed by atoms with van der Waals surface area (Å²) in [7, 11) is 0. The Hall–Kier alpha value is -2.61. The fraction of sp³-hybridized carbons (Fsp3) is 0.455. The maximum absolute atomic E-state index is 12.6. The van der Waals surface area contributed by atoms with E-state index in [9.17, 15) is 4.79 Å². The predicted octanol–water partition coefficient (Wildman–Crippen LogP) is 4.01. The van der Waals surface area contributed by atoms with E-state index in [0.717, 1.165) is 17.7 Å². The monoisotopic (exact) mass is 425 g/mol. The molecule has 4 rings (SSSR count). The topological polar surface area (TPSA) is 85.8 Å². The minimum absolute atomic E-state index is 0.0430. The van der Waals surface area contributed by atoms with Crippen molar-refractivity contribution >= 4 is 17.7 Å². The van der Waals surface area contributed by atoms with Crippen LogP contribution < -0.4 is 5.32 Å². The molecule has 0 bridgehead atoms. The molecule has 0 aliphatic heterocycles. The maximum atomic E-state index is 12.6. The molecule has 7 nitrogen and oxygen atoms in total. The van der Waals surface area contributed by atoms with E-state index in [1.54, 1.807) is 18.7 Å². The summed E-state index contributed by atoms with van der Waals surface area (Å²) in [6.07, 6.45) is 8.61. The highest BCUT2D eigenvalue weighted by molar-refractivity contribution is 7.99. The molecule has 0 radical (unpaired) electrons. The molecular formula is C22H27N5O2S. The Bertz CT molecular complexity index is 957. The first-order valence-corrected chi connectivity index (χ1v) is 11.4. The Labute approximate surface area is 180 Å². The Morgan fingerprint density at radius 2 is 2.17 bits per heavy atom. The molecule has 3 aromatic heterocycles. The molecule has 1 N–H and O–H groups in total. The molecule has 3 heterocycles. The van der Waals surface area contributed by atoms with E-state index in [0.29, 0.717) is 35.1 Å². The minimum Gasteiger partial charge on any atom is -0.467 e. The molecule has 1 aliphatic rings. The molecule has 1 saturated carbocycles. The number of aromatic nitrogens is 4. The molecule has 30 heavy (non-hydrogen) atoms. The van der Waals surface area contributed by atoms with Gasteiger partial charge in [0.2, 0.25) is 5.91 Å². The van der Waals surface area contributed by atoms with E-state index in [2.05, 4.69) is 34.3 Å². The number of hydrogen-bond acceptors (Lipinski definition) is 6. The van der Waals surface area contributed by atoms with Gasteiger partial charge >= 0.3 is 0 Å². The first-order chi connectivity index (χ1) is 14.6. The van der Waals surface area contributed by atoms with Gasteiger partial charge in [-0.2, -0.15) is 0 Å². The van der Waals surface area contributed by atoms with Gasteiger partial charge in [-0.25, -0.2) is 0 Å². The van der Waals surface area contributed by atoms with Crippen LogP contribution in [0.4, 0.5) is 0 Å². The SMILES string of the molecule is CC1CCCC(NC(=O)CSc2nnc(-c3cccnc3)n2Cc2ccco2)C1C. The van der Waals surface area contributed by atoms with E-state index in [-0.39, 0.29) is 11.9 Å². The van der Waals surface area contributed by atoms with Gasteiger partial charge < -0.3 is 9.73 Å². The van der Waals surface area contributed by atoms with Crippen LogP contribution in [0.15, 0.2) is 52.5 Å². The van der Waals surface area contributed by atoms with Crippen LogP contribution in [0.3, 0.4) is 0 Å². The Morgan fingerprint density at radius 3 is 2.93 bits per heavy atom. The minimum atomic E-state index is 0.0430. The number of furan rings is 1. The molecule has 0 spiro atoms. The fourth-order valence-corrected chi connectivity index (χ4v) is 4.72. The van der Waals surface area contributed by atoms with Crippen molar-refractivity contribution in [1.29, 1.82) is 0 Å². The zero-order chi connectivity index (χ0) is 20.9. The van der Waals surface area contributed by atoms with Crippen molar-refractivity contribution in [2.75, 3.05) is 5.75 Å². The standard InChI is InChI=1S/C22H27N5O2S/c1-15-6-3-9-19(16(15)2)24-20(28)14-30-22-26-25-21(17-7-4-10-23-12-17)27(22)13-18-8-5-11-29-18/h4-5,7-8,10-12,15-16,19H,3,6,9,13-14H2,1-2H3,(H,24,28). The molecule has 158 valence electrons. The van der Waals surface area contributed by atoms with Crippen molar-refractivity contribution in [3.05, 3.63) is 48.7 Å². The van der Waals surface area contributed by atoms with Crippen molar-refractivity contribution in [1.82, 2.24) is 25.1 Å². The van der Waals surface area contributed by atoms with Gasteiger partial charge in [-0.1, -0.05) is 38.5 Å². The highest BCUT2D eigenvalue weighted by Crippen LogP contribution is 2.30. The van der Waals surface area contributed by atoms with Crippen molar-refractivity contribution in [3.8, 4) is 11.4 Å². The second-order valence-corrected chi connectivity index (χ2v) is 8.89. The van der Waals surface area contributed by atoms with Crippen LogP contribution >= 0.6 is 11.8 Å².